The summed E-state index contributed by atoms with van der Waals surface area (Å²) in [5.41, 5.74) is 0.825. The first-order valence-corrected chi connectivity index (χ1v) is 5.74. The first-order valence-electron chi connectivity index (χ1n) is 5.74. The van der Waals surface area contributed by atoms with Crippen LogP contribution in [0.4, 0.5) is 4.79 Å². The summed E-state index contributed by atoms with van der Waals surface area (Å²) in [6, 6.07) is 5.32. The van der Waals surface area contributed by atoms with Gasteiger partial charge in [-0.1, -0.05) is 6.07 Å². The third-order valence-electron chi connectivity index (χ3n) is 3.06. The first kappa shape index (κ1) is 12.3. The van der Waals surface area contributed by atoms with Crippen LogP contribution in [0.5, 0.6) is 0 Å². The lowest BCUT2D eigenvalue weighted by molar-refractivity contribution is -0.137. The molecule has 0 aliphatic carbocycles. The second-order valence-corrected chi connectivity index (χ2v) is 4.25. The van der Waals surface area contributed by atoms with Gasteiger partial charge in [-0.05, 0) is 12.1 Å². The van der Waals surface area contributed by atoms with Crippen molar-refractivity contribution in [3.63, 3.8) is 0 Å². The highest BCUT2D eigenvalue weighted by atomic mass is 16.4. The number of carboxylic acid groups (broad SMARTS) is 1. The number of rotatable bonds is 4. The lowest BCUT2D eigenvalue weighted by Gasteiger charge is -2.16. The number of aliphatic carboxylic acids is 1. The number of urea groups is 1. The molecule has 1 saturated heterocycles. The van der Waals surface area contributed by atoms with Crippen molar-refractivity contribution in [1.82, 2.24) is 14.8 Å². The van der Waals surface area contributed by atoms with Gasteiger partial charge in [-0.2, -0.15) is 0 Å². The molecule has 2 heterocycles. The minimum Gasteiger partial charge on any atom is -0.481 e. The van der Waals surface area contributed by atoms with Crippen molar-refractivity contribution in [2.24, 2.45) is 0 Å². The van der Waals surface area contributed by atoms with E-state index in [4.69, 9.17) is 5.11 Å². The Morgan fingerprint density at radius 3 is 2.94 bits per heavy atom. The summed E-state index contributed by atoms with van der Waals surface area (Å²) < 4.78 is 0. The number of hydrogen-bond donors (Lipinski definition) is 1. The highest BCUT2D eigenvalue weighted by Gasteiger charge is 2.35. The van der Waals surface area contributed by atoms with Crippen molar-refractivity contribution in [3.05, 3.63) is 30.1 Å². The predicted octanol–water partition coefficient (Wildman–Crippen LogP) is 0.965. The van der Waals surface area contributed by atoms with Gasteiger partial charge in [0.05, 0.1) is 18.2 Å². The van der Waals surface area contributed by atoms with Gasteiger partial charge in [0.25, 0.3) is 0 Å². The van der Waals surface area contributed by atoms with Gasteiger partial charge >= 0.3 is 12.0 Å². The van der Waals surface area contributed by atoms with Gasteiger partial charge in [0.1, 0.15) is 0 Å². The van der Waals surface area contributed by atoms with Crippen LogP contribution in [0.1, 0.15) is 18.2 Å². The zero-order chi connectivity index (χ0) is 13.1. The van der Waals surface area contributed by atoms with Gasteiger partial charge in [-0.15, -0.1) is 0 Å². The SMILES string of the molecule is CN1C(=O)N(CCC(=O)O)CC1c1ccccn1. The minimum absolute atomic E-state index is 0.0332. The Hall–Kier alpha value is -2.11. The second kappa shape index (κ2) is 5.03. The lowest BCUT2D eigenvalue weighted by atomic mass is 10.2. The van der Waals surface area contributed by atoms with Crippen LogP contribution in [0.25, 0.3) is 0 Å². The molecule has 1 aromatic rings. The molecule has 0 radical (unpaired) electrons. The number of amides is 2. The van der Waals surface area contributed by atoms with Gasteiger partial charge < -0.3 is 14.9 Å². The molecule has 1 N–H and O–H groups in total. The van der Waals surface area contributed by atoms with Gasteiger partial charge in [0.15, 0.2) is 0 Å². The largest absolute Gasteiger partial charge is 0.481 e. The molecule has 1 atom stereocenters. The molecular formula is C12H15N3O3. The van der Waals surface area contributed by atoms with Crippen LogP contribution in [0.15, 0.2) is 24.4 Å². The summed E-state index contributed by atoms with van der Waals surface area (Å²) in [4.78, 5) is 29.9. The van der Waals surface area contributed by atoms with Crippen molar-refractivity contribution in [1.29, 1.82) is 0 Å². The highest BCUT2D eigenvalue weighted by molar-refractivity contribution is 5.78. The summed E-state index contributed by atoms with van der Waals surface area (Å²) in [6.45, 7) is 0.724. The van der Waals surface area contributed by atoms with E-state index in [1.807, 2.05) is 18.2 Å². The summed E-state index contributed by atoms with van der Waals surface area (Å²) in [5.74, 6) is -0.897. The molecule has 0 saturated carbocycles. The molecule has 96 valence electrons. The first-order chi connectivity index (χ1) is 8.59. The summed E-state index contributed by atoms with van der Waals surface area (Å²) in [5, 5.41) is 8.64. The molecule has 6 nitrogen and oxygen atoms in total. The van der Waals surface area contributed by atoms with Crippen molar-refractivity contribution in [2.45, 2.75) is 12.5 Å². The molecule has 0 bridgehead atoms. The molecule has 1 unspecified atom stereocenters. The number of likely N-dealkylation sites (N-methyl/N-ethyl adjacent to an activating group) is 1. The van der Waals surface area contributed by atoms with Crippen LogP contribution in [0.2, 0.25) is 0 Å². The Morgan fingerprint density at radius 2 is 2.33 bits per heavy atom. The van der Waals surface area contributed by atoms with Gasteiger partial charge in [0, 0.05) is 26.3 Å². The maximum absolute atomic E-state index is 11.9. The molecule has 18 heavy (non-hydrogen) atoms. The third-order valence-corrected chi connectivity index (χ3v) is 3.06. The second-order valence-electron chi connectivity index (χ2n) is 4.25. The average molecular weight is 249 g/mol. The molecule has 1 aliphatic heterocycles. The Bertz CT molecular complexity index is 449. The Kier molecular flexibility index (Phi) is 3.45. The predicted molar refractivity (Wildman–Crippen MR) is 64.0 cm³/mol. The van der Waals surface area contributed by atoms with Gasteiger partial charge in [-0.3, -0.25) is 9.78 Å². The summed E-state index contributed by atoms with van der Waals surface area (Å²) in [7, 11) is 1.71. The molecular weight excluding hydrogens is 234 g/mol. The molecule has 1 aliphatic rings. The zero-order valence-corrected chi connectivity index (χ0v) is 10.1. The Labute approximate surface area is 105 Å². The number of carbonyl (C=O) groups is 2. The molecule has 1 aromatic heterocycles. The number of aromatic nitrogens is 1. The number of pyridine rings is 1. The van der Waals surface area contributed by atoms with Crippen molar-refractivity contribution >= 4 is 12.0 Å². The topological polar surface area (TPSA) is 73.7 Å². The van der Waals surface area contributed by atoms with E-state index in [0.717, 1.165) is 5.69 Å². The van der Waals surface area contributed by atoms with Crippen LogP contribution in [0.3, 0.4) is 0 Å². The van der Waals surface area contributed by atoms with E-state index in [-0.39, 0.29) is 25.0 Å². The normalized spacial score (nSPS) is 19.4. The van der Waals surface area contributed by atoms with Crippen LogP contribution >= 0.6 is 0 Å². The Balaban J connectivity index is 2.07. The average Bonchev–Trinajstić information content (AvgIpc) is 2.65. The molecule has 1 fully saturated rings. The summed E-state index contributed by atoms with van der Waals surface area (Å²) in [6.07, 6.45) is 1.65. The van der Waals surface area contributed by atoms with Crippen LogP contribution in [-0.2, 0) is 4.79 Å². The van der Waals surface area contributed by atoms with Crippen molar-refractivity contribution in [2.75, 3.05) is 20.1 Å². The van der Waals surface area contributed by atoms with E-state index in [2.05, 4.69) is 4.98 Å². The van der Waals surface area contributed by atoms with Crippen LogP contribution in [-0.4, -0.2) is 52.0 Å². The highest BCUT2D eigenvalue weighted by Crippen LogP contribution is 2.26. The fraction of sp³-hybridized carbons (Fsp3) is 0.417. The zero-order valence-electron chi connectivity index (χ0n) is 10.1. The maximum atomic E-state index is 11.9. The van der Waals surface area contributed by atoms with E-state index >= 15 is 0 Å². The molecule has 0 spiro atoms. The van der Waals surface area contributed by atoms with Gasteiger partial charge in [0.2, 0.25) is 0 Å². The van der Waals surface area contributed by atoms with Crippen LogP contribution < -0.4 is 0 Å². The van der Waals surface area contributed by atoms with Crippen molar-refractivity contribution < 1.29 is 14.7 Å². The van der Waals surface area contributed by atoms with Crippen molar-refractivity contribution in [3.8, 4) is 0 Å². The molecule has 2 amide bonds. The van der Waals surface area contributed by atoms with E-state index in [9.17, 15) is 9.59 Å². The van der Waals surface area contributed by atoms with E-state index in [1.165, 1.54) is 0 Å². The number of carboxylic acids is 1. The van der Waals surface area contributed by atoms with E-state index in [0.29, 0.717) is 6.54 Å². The Morgan fingerprint density at radius 1 is 1.56 bits per heavy atom. The monoisotopic (exact) mass is 249 g/mol. The summed E-state index contributed by atoms with van der Waals surface area (Å²) >= 11 is 0. The fourth-order valence-electron chi connectivity index (χ4n) is 2.05. The number of carbonyl (C=O) groups excluding carboxylic acids is 1. The third kappa shape index (κ3) is 2.42. The maximum Gasteiger partial charge on any atom is 0.320 e. The van der Waals surface area contributed by atoms with E-state index in [1.54, 1.807) is 23.0 Å². The number of hydrogen-bond acceptors (Lipinski definition) is 3. The molecule has 6 heteroatoms. The van der Waals surface area contributed by atoms with Gasteiger partial charge in [-0.25, -0.2) is 4.79 Å². The molecule has 2 rings (SSSR count). The van der Waals surface area contributed by atoms with Crippen LogP contribution in [0, 0.1) is 0 Å². The minimum atomic E-state index is -0.897. The standard InChI is InChI=1S/C12H15N3O3/c1-14-10(9-4-2-3-6-13-9)8-15(12(14)18)7-5-11(16)17/h2-4,6,10H,5,7-8H2,1H3,(H,16,17). The quantitative estimate of drug-likeness (QED) is 0.862. The lowest BCUT2D eigenvalue weighted by Crippen LogP contribution is -2.31. The van der Waals surface area contributed by atoms with E-state index < -0.39 is 5.97 Å². The molecule has 0 aromatic carbocycles. The fourth-order valence-corrected chi connectivity index (χ4v) is 2.05. The smallest absolute Gasteiger partial charge is 0.320 e. The number of nitrogens with zero attached hydrogens (tertiary/aromatic N) is 3.